The van der Waals surface area contributed by atoms with Crippen molar-refractivity contribution < 1.29 is 4.79 Å². The summed E-state index contributed by atoms with van der Waals surface area (Å²) in [5.41, 5.74) is 1.31. The number of rotatable bonds is 2. The molecule has 1 atom stereocenters. The van der Waals surface area contributed by atoms with Gasteiger partial charge in [-0.3, -0.25) is 4.79 Å². The average Bonchev–Trinajstić information content (AvgIpc) is 2.47. The van der Waals surface area contributed by atoms with Crippen molar-refractivity contribution in [3.05, 3.63) is 11.1 Å². The molecule has 0 aromatic carbocycles. The van der Waals surface area contributed by atoms with Crippen LogP contribution in [0.25, 0.3) is 0 Å². The van der Waals surface area contributed by atoms with E-state index in [9.17, 15) is 4.79 Å². The summed E-state index contributed by atoms with van der Waals surface area (Å²) in [6, 6.07) is 0. The molecule has 0 saturated carbocycles. The predicted octanol–water partition coefficient (Wildman–Crippen LogP) is 3.05. The van der Waals surface area contributed by atoms with Crippen molar-refractivity contribution in [2.75, 3.05) is 0 Å². The minimum atomic E-state index is -0.0147. The molecule has 0 spiro atoms. The van der Waals surface area contributed by atoms with Crippen LogP contribution in [0.2, 0.25) is 0 Å². The fourth-order valence-electron chi connectivity index (χ4n) is 1.49. The Bertz CT molecular complexity index is 323. The SMILES string of the molecule is CC(C)(C)CC(=O)NC1NC(C(C)(C)C)=CS1. The average molecular weight is 256 g/mol. The lowest BCUT2D eigenvalue weighted by atomic mass is 9.92. The molecule has 4 heteroatoms. The lowest BCUT2D eigenvalue weighted by Gasteiger charge is -2.24. The van der Waals surface area contributed by atoms with Crippen molar-refractivity contribution in [3.8, 4) is 0 Å². The first kappa shape index (κ1) is 14.4. The van der Waals surface area contributed by atoms with Gasteiger partial charge in [0.2, 0.25) is 5.91 Å². The van der Waals surface area contributed by atoms with Crippen LogP contribution in [-0.2, 0) is 4.79 Å². The summed E-state index contributed by atoms with van der Waals surface area (Å²) >= 11 is 1.63. The van der Waals surface area contributed by atoms with E-state index in [1.807, 2.05) is 0 Å². The van der Waals surface area contributed by atoms with Crippen LogP contribution in [0.3, 0.4) is 0 Å². The highest BCUT2D eigenvalue weighted by Crippen LogP contribution is 2.31. The number of amides is 1. The number of hydrogen-bond donors (Lipinski definition) is 2. The lowest BCUT2D eigenvalue weighted by Crippen LogP contribution is -2.42. The topological polar surface area (TPSA) is 41.1 Å². The Hall–Kier alpha value is -0.640. The third-order valence-electron chi connectivity index (χ3n) is 2.40. The van der Waals surface area contributed by atoms with Gasteiger partial charge in [0, 0.05) is 17.5 Å². The van der Waals surface area contributed by atoms with Crippen LogP contribution in [0.15, 0.2) is 11.1 Å². The number of carbonyl (C=O) groups excluding carboxylic acids is 1. The van der Waals surface area contributed by atoms with Crippen LogP contribution in [0.4, 0.5) is 0 Å². The zero-order valence-electron chi connectivity index (χ0n) is 11.7. The molecule has 0 aromatic rings. The van der Waals surface area contributed by atoms with Gasteiger partial charge in [-0.15, -0.1) is 0 Å². The Morgan fingerprint density at radius 1 is 1.35 bits per heavy atom. The molecule has 98 valence electrons. The van der Waals surface area contributed by atoms with Gasteiger partial charge < -0.3 is 10.6 Å². The number of thioether (sulfide) groups is 1. The maximum absolute atomic E-state index is 11.8. The Morgan fingerprint density at radius 3 is 2.35 bits per heavy atom. The molecule has 1 amide bonds. The molecule has 2 N–H and O–H groups in total. The molecule has 1 heterocycles. The van der Waals surface area contributed by atoms with E-state index in [0.717, 1.165) is 0 Å². The first-order valence-corrected chi connectivity index (χ1v) is 6.94. The van der Waals surface area contributed by atoms with E-state index in [1.165, 1.54) is 5.70 Å². The molecule has 0 aromatic heterocycles. The molecule has 0 bridgehead atoms. The second-order valence-electron chi connectivity index (χ2n) is 6.75. The monoisotopic (exact) mass is 256 g/mol. The smallest absolute Gasteiger partial charge is 0.222 e. The second-order valence-corrected chi connectivity index (χ2v) is 7.73. The van der Waals surface area contributed by atoms with E-state index < -0.39 is 0 Å². The summed E-state index contributed by atoms with van der Waals surface area (Å²) in [5.74, 6) is 0.103. The Labute approximate surface area is 109 Å². The molecule has 17 heavy (non-hydrogen) atoms. The highest BCUT2D eigenvalue weighted by Gasteiger charge is 2.27. The summed E-state index contributed by atoms with van der Waals surface area (Å²) < 4.78 is 0. The predicted molar refractivity (Wildman–Crippen MR) is 74.3 cm³/mol. The van der Waals surface area contributed by atoms with Gasteiger partial charge in [0.15, 0.2) is 5.50 Å². The number of carbonyl (C=O) groups is 1. The standard InChI is InChI=1S/C13H24N2OS/c1-12(2,3)7-10(16)15-11-14-9(8-17-11)13(4,5)6/h8,11,14H,7H2,1-6H3,(H,15,16). The van der Waals surface area contributed by atoms with Crippen molar-refractivity contribution in [2.24, 2.45) is 10.8 Å². The molecule has 0 radical (unpaired) electrons. The van der Waals surface area contributed by atoms with E-state index in [2.05, 4.69) is 57.6 Å². The van der Waals surface area contributed by atoms with Crippen molar-refractivity contribution in [1.29, 1.82) is 0 Å². The fraction of sp³-hybridized carbons (Fsp3) is 0.769. The molecule has 1 unspecified atom stereocenters. The third kappa shape index (κ3) is 5.02. The largest absolute Gasteiger partial charge is 0.359 e. The first-order valence-electron chi connectivity index (χ1n) is 6.00. The van der Waals surface area contributed by atoms with Crippen LogP contribution in [-0.4, -0.2) is 11.4 Å². The lowest BCUT2D eigenvalue weighted by molar-refractivity contribution is -0.123. The molecule has 3 nitrogen and oxygen atoms in total. The zero-order valence-corrected chi connectivity index (χ0v) is 12.5. The Kier molecular flexibility index (Phi) is 4.18. The summed E-state index contributed by atoms with van der Waals surface area (Å²) in [4.78, 5) is 11.8. The third-order valence-corrected chi connectivity index (χ3v) is 3.28. The van der Waals surface area contributed by atoms with E-state index in [4.69, 9.17) is 0 Å². The maximum Gasteiger partial charge on any atom is 0.222 e. The molecule has 1 aliphatic heterocycles. The Morgan fingerprint density at radius 2 is 1.94 bits per heavy atom. The number of hydrogen-bond acceptors (Lipinski definition) is 3. The summed E-state index contributed by atoms with van der Waals surface area (Å²) in [7, 11) is 0. The molecule has 0 saturated heterocycles. The van der Waals surface area contributed by atoms with Crippen LogP contribution < -0.4 is 10.6 Å². The quantitative estimate of drug-likeness (QED) is 0.798. The van der Waals surface area contributed by atoms with Gasteiger partial charge in [0.05, 0.1) is 0 Å². The highest BCUT2D eigenvalue weighted by molar-refractivity contribution is 8.02. The minimum absolute atomic E-state index is 0.0147. The summed E-state index contributed by atoms with van der Waals surface area (Å²) in [5, 5.41) is 8.44. The minimum Gasteiger partial charge on any atom is -0.359 e. The van der Waals surface area contributed by atoms with Gasteiger partial charge >= 0.3 is 0 Å². The van der Waals surface area contributed by atoms with Gasteiger partial charge in [-0.2, -0.15) is 0 Å². The van der Waals surface area contributed by atoms with E-state index in [1.54, 1.807) is 11.8 Å². The molecule has 0 fully saturated rings. The van der Waals surface area contributed by atoms with Crippen molar-refractivity contribution in [2.45, 2.75) is 53.5 Å². The van der Waals surface area contributed by atoms with Gasteiger partial charge in [0.1, 0.15) is 0 Å². The normalized spacial score (nSPS) is 20.8. The van der Waals surface area contributed by atoms with Gasteiger partial charge in [0.25, 0.3) is 0 Å². The Balaban J connectivity index is 2.41. The molecule has 1 rings (SSSR count). The molecule has 0 aliphatic carbocycles. The number of allylic oxidation sites excluding steroid dienone is 1. The summed E-state index contributed by atoms with van der Waals surface area (Å²) in [6.45, 7) is 12.7. The molecular weight excluding hydrogens is 232 g/mol. The highest BCUT2D eigenvalue weighted by atomic mass is 32.2. The van der Waals surface area contributed by atoms with Crippen molar-refractivity contribution in [3.63, 3.8) is 0 Å². The number of nitrogens with one attached hydrogen (secondary N) is 2. The van der Waals surface area contributed by atoms with Crippen molar-refractivity contribution in [1.82, 2.24) is 10.6 Å². The van der Waals surface area contributed by atoms with Gasteiger partial charge in [-0.05, 0) is 10.8 Å². The fourth-order valence-corrected chi connectivity index (χ4v) is 2.58. The van der Waals surface area contributed by atoms with E-state index in [-0.39, 0.29) is 22.2 Å². The van der Waals surface area contributed by atoms with E-state index in [0.29, 0.717) is 6.42 Å². The van der Waals surface area contributed by atoms with Gasteiger partial charge in [-0.25, -0.2) is 0 Å². The molecular formula is C13H24N2OS. The van der Waals surface area contributed by atoms with Crippen LogP contribution in [0.1, 0.15) is 48.0 Å². The summed E-state index contributed by atoms with van der Waals surface area (Å²) in [6.07, 6.45) is 0.552. The van der Waals surface area contributed by atoms with Gasteiger partial charge in [-0.1, -0.05) is 53.3 Å². The van der Waals surface area contributed by atoms with Crippen molar-refractivity contribution >= 4 is 17.7 Å². The van der Waals surface area contributed by atoms with Crippen LogP contribution in [0, 0.1) is 10.8 Å². The van der Waals surface area contributed by atoms with E-state index >= 15 is 0 Å². The maximum atomic E-state index is 11.8. The van der Waals surface area contributed by atoms with Crippen LogP contribution in [0.5, 0.6) is 0 Å². The first-order chi connectivity index (χ1) is 7.58. The second kappa shape index (κ2) is 4.92. The van der Waals surface area contributed by atoms with Crippen LogP contribution >= 0.6 is 11.8 Å². The zero-order chi connectivity index (χ0) is 13.3. The molecule has 1 aliphatic rings.